The molecule has 1 aliphatic rings. The van der Waals surface area contributed by atoms with E-state index in [2.05, 4.69) is 15.9 Å². The highest BCUT2D eigenvalue weighted by Crippen LogP contribution is 2.37. The van der Waals surface area contributed by atoms with Crippen molar-refractivity contribution in [1.29, 1.82) is 0 Å². The molecule has 0 spiro atoms. The van der Waals surface area contributed by atoms with Gasteiger partial charge in [0.15, 0.2) is 11.6 Å². The average Bonchev–Trinajstić information content (AvgIpc) is 2.69. The molecule has 1 heterocycles. The zero-order valence-electron chi connectivity index (χ0n) is 9.22. The number of benzene rings is 1. The monoisotopic (exact) mass is 308 g/mol. The highest BCUT2D eigenvalue weighted by Gasteiger charge is 2.31. The highest BCUT2D eigenvalue weighted by molar-refractivity contribution is 9.09. The van der Waals surface area contributed by atoms with Gasteiger partial charge in [0.1, 0.15) is 5.82 Å². The van der Waals surface area contributed by atoms with Crippen LogP contribution in [0.5, 0.6) is 0 Å². The van der Waals surface area contributed by atoms with E-state index in [1.54, 1.807) is 0 Å². The lowest BCUT2D eigenvalue weighted by molar-refractivity contribution is 0.0551. The Balaban J connectivity index is 2.24. The van der Waals surface area contributed by atoms with E-state index < -0.39 is 22.3 Å². The minimum absolute atomic E-state index is 0.100. The van der Waals surface area contributed by atoms with Crippen LogP contribution in [0.1, 0.15) is 30.2 Å². The van der Waals surface area contributed by atoms with Gasteiger partial charge in [-0.3, -0.25) is 0 Å². The van der Waals surface area contributed by atoms with Crippen LogP contribution < -0.4 is 0 Å². The standard InChI is InChI=1S/C12H12BrF3O/c1-6-2-3-11(17-6)12(13)7-4-9(15)10(16)5-8(7)14/h4-6,11-12H,2-3H2,1H3. The fourth-order valence-corrected chi connectivity index (χ4v) is 2.74. The number of halogens is 4. The first-order valence-corrected chi connectivity index (χ1v) is 6.34. The molecule has 1 nitrogen and oxygen atoms in total. The van der Waals surface area contributed by atoms with E-state index >= 15 is 0 Å². The number of ether oxygens (including phenoxy) is 1. The van der Waals surface area contributed by atoms with Gasteiger partial charge in [0, 0.05) is 11.6 Å². The molecule has 1 aliphatic heterocycles. The van der Waals surface area contributed by atoms with Crippen molar-refractivity contribution < 1.29 is 17.9 Å². The summed E-state index contributed by atoms with van der Waals surface area (Å²) in [6.07, 6.45) is 1.57. The Morgan fingerprint density at radius 1 is 1.18 bits per heavy atom. The summed E-state index contributed by atoms with van der Waals surface area (Å²) in [5, 5.41) is 0. The molecule has 0 aromatic heterocycles. The Kier molecular flexibility index (Phi) is 3.78. The van der Waals surface area contributed by atoms with E-state index in [1.165, 1.54) is 0 Å². The first kappa shape index (κ1) is 12.9. The van der Waals surface area contributed by atoms with Crippen molar-refractivity contribution in [2.45, 2.75) is 36.8 Å². The third kappa shape index (κ3) is 2.65. The number of rotatable bonds is 2. The second-order valence-corrected chi connectivity index (χ2v) is 5.24. The average molecular weight is 309 g/mol. The minimum Gasteiger partial charge on any atom is -0.374 e. The lowest BCUT2D eigenvalue weighted by Crippen LogP contribution is -2.16. The highest BCUT2D eigenvalue weighted by atomic mass is 79.9. The maximum Gasteiger partial charge on any atom is 0.161 e. The van der Waals surface area contributed by atoms with Crippen LogP contribution in [-0.4, -0.2) is 12.2 Å². The van der Waals surface area contributed by atoms with Gasteiger partial charge in [-0.2, -0.15) is 0 Å². The number of hydrogen-bond acceptors (Lipinski definition) is 1. The molecule has 0 amide bonds. The van der Waals surface area contributed by atoms with Crippen LogP contribution in [0.3, 0.4) is 0 Å². The molecule has 0 saturated carbocycles. The normalized spacial score (nSPS) is 26.2. The SMILES string of the molecule is CC1CCC(C(Br)c2cc(F)c(F)cc2F)O1. The van der Waals surface area contributed by atoms with Crippen LogP contribution in [0.4, 0.5) is 13.2 Å². The van der Waals surface area contributed by atoms with E-state index in [0.717, 1.165) is 18.9 Å². The van der Waals surface area contributed by atoms with E-state index in [4.69, 9.17) is 4.74 Å². The van der Waals surface area contributed by atoms with Gasteiger partial charge in [-0.15, -0.1) is 0 Å². The van der Waals surface area contributed by atoms with E-state index in [0.29, 0.717) is 6.07 Å². The molecule has 0 aliphatic carbocycles. The maximum atomic E-state index is 13.5. The molecule has 3 unspecified atom stereocenters. The fourth-order valence-electron chi connectivity index (χ4n) is 2.00. The summed E-state index contributed by atoms with van der Waals surface area (Å²) < 4.78 is 45.0. The molecule has 94 valence electrons. The third-order valence-corrected chi connectivity index (χ3v) is 4.01. The van der Waals surface area contributed by atoms with Gasteiger partial charge in [-0.25, -0.2) is 13.2 Å². The summed E-state index contributed by atoms with van der Waals surface area (Å²) >= 11 is 3.30. The van der Waals surface area contributed by atoms with Crippen LogP contribution in [0.2, 0.25) is 0 Å². The van der Waals surface area contributed by atoms with Crippen molar-refractivity contribution in [2.24, 2.45) is 0 Å². The lowest BCUT2D eigenvalue weighted by atomic mass is 10.0. The third-order valence-electron chi connectivity index (χ3n) is 2.93. The minimum atomic E-state index is -1.17. The van der Waals surface area contributed by atoms with Gasteiger partial charge in [0.05, 0.1) is 17.0 Å². The van der Waals surface area contributed by atoms with E-state index in [9.17, 15) is 13.2 Å². The molecule has 2 rings (SSSR count). The van der Waals surface area contributed by atoms with Crippen molar-refractivity contribution in [1.82, 2.24) is 0 Å². The molecule has 0 N–H and O–H groups in total. The first-order valence-electron chi connectivity index (χ1n) is 5.43. The quantitative estimate of drug-likeness (QED) is 0.590. The predicted molar refractivity (Wildman–Crippen MR) is 61.6 cm³/mol. The van der Waals surface area contributed by atoms with Gasteiger partial charge in [-0.1, -0.05) is 15.9 Å². The molecular formula is C12H12BrF3O. The van der Waals surface area contributed by atoms with Crippen molar-refractivity contribution in [3.8, 4) is 0 Å². The number of alkyl halides is 1. The summed E-state index contributed by atoms with van der Waals surface area (Å²) in [5.74, 6) is -2.97. The summed E-state index contributed by atoms with van der Waals surface area (Å²) in [6, 6.07) is 1.45. The van der Waals surface area contributed by atoms with E-state index in [-0.39, 0.29) is 17.8 Å². The summed E-state index contributed by atoms with van der Waals surface area (Å²) in [6.45, 7) is 1.93. The fraction of sp³-hybridized carbons (Fsp3) is 0.500. The molecule has 1 fully saturated rings. The topological polar surface area (TPSA) is 9.23 Å². The summed E-state index contributed by atoms with van der Waals surface area (Å²) in [4.78, 5) is -0.456. The molecule has 3 atom stereocenters. The van der Waals surface area contributed by atoms with E-state index in [1.807, 2.05) is 6.92 Å². The predicted octanol–water partition coefficient (Wildman–Crippen LogP) is 4.11. The first-order chi connectivity index (χ1) is 7.99. The number of hydrogen-bond donors (Lipinski definition) is 0. The van der Waals surface area contributed by atoms with Gasteiger partial charge in [-0.05, 0) is 25.8 Å². The van der Waals surface area contributed by atoms with Crippen LogP contribution in [0, 0.1) is 17.5 Å². The van der Waals surface area contributed by atoms with Crippen LogP contribution >= 0.6 is 15.9 Å². The zero-order chi connectivity index (χ0) is 12.6. The van der Waals surface area contributed by atoms with Gasteiger partial charge >= 0.3 is 0 Å². The molecule has 1 saturated heterocycles. The molecule has 0 radical (unpaired) electrons. The summed E-state index contributed by atoms with van der Waals surface area (Å²) in [7, 11) is 0. The molecule has 1 aromatic carbocycles. The van der Waals surface area contributed by atoms with Crippen molar-refractivity contribution in [2.75, 3.05) is 0 Å². The molecule has 0 bridgehead atoms. The smallest absolute Gasteiger partial charge is 0.161 e. The lowest BCUT2D eigenvalue weighted by Gasteiger charge is -2.19. The summed E-state index contributed by atoms with van der Waals surface area (Å²) in [5.41, 5.74) is 0.100. The Morgan fingerprint density at radius 3 is 2.41 bits per heavy atom. The Morgan fingerprint density at radius 2 is 1.82 bits per heavy atom. The second kappa shape index (κ2) is 4.98. The van der Waals surface area contributed by atoms with Crippen LogP contribution in [0.15, 0.2) is 12.1 Å². The van der Waals surface area contributed by atoms with Crippen LogP contribution in [0.25, 0.3) is 0 Å². The largest absolute Gasteiger partial charge is 0.374 e. The molecule has 17 heavy (non-hydrogen) atoms. The molecular weight excluding hydrogens is 297 g/mol. The molecule has 1 aromatic rings. The van der Waals surface area contributed by atoms with Crippen molar-refractivity contribution >= 4 is 15.9 Å². The molecule has 5 heteroatoms. The van der Waals surface area contributed by atoms with Gasteiger partial charge in [0.2, 0.25) is 0 Å². The van der Waals surface area contributed by atoms with Gasteiger partial charge < -0.3 is 4.74 Å². The van der Waals surface area contributed by atoms with Crippen molar-refractivity contribution in [3.05, 3.63) is 35.1 Å². The Bertz CT molecular complexity index is 424. The zero-order valence-corrected chi connectivity index (χ0v) is 10.8. The van der Waals surface area contributed by atoms with Gasteiger partial charge in [0.25, 0.3) is 0 Å². The maximum absolute atomic E-state index is 13.5. The second-order valence-electron chi connectivity index (χ2n) is 4.25. The Hall–Kier alpha value is -0.550. The van der Waals surface area contributed by atoms with Crippen molar-refractivity contribution in [3.63, 3.8) is 0 Å². The Labute approximate surface area is 106 Å². The van der Waals surface area contributed by atoms with Crippen LogP contribution in [-0.2, 0) is 4.74 Å².